The number of para-hydroxylation sites is 1. The van der Waals surface area contributed by atoms with E-state index in [0.717, 1.165) is 0 Å². The van der Waals surface area contributed by atoms with Gasteiger partial charge in [0, 0.05) is 37.9 Å². The van der Waals surface area contributed by atoms with Gasteiger partial charge in [-0.1, -0.05) is 18.2 Å². The summed E-state index contributed by atoms with van der Waals surface area (Å²) in [5, 5.41) is 9.20. The van der Waals surface area contributed by atoms with E-state index in [1.807, 2.05) is 39.0 Å². The third-order valence-corrected chi connectivity index (χ3v) is 3.54. The minimum atomic E-state index is -0.234. The number of rotatable bonds is 6. The fourth-order valence-corrected chi connectivity index (χ4v) is 2.15. The van der Waals surface area contributed by atoms with Gasteiger partial charge in [0.2, 0.25) is 5.91 Å². The molecule has 0 spiro atoms. The second-order valence-corrected chi connectivity index (χ2v) is 6.90. The van der Waals surface area contributed by atoms with E-state index in [-0.39, 0.29) is 24.0 Å². The Kier molecular flexibility index (Phi) is 7.55. The number of benzene rings is 1. The monoisotopic (exact) mass is 333 g/mol. The predicted molar refractivity (Wildman–Crippen MR) is 102 cm³/mol. The number of nitrogens with zero attached hydrogens (tertiary/aromatic N) is 2. The van der Waals surface area contributed by atoms with Gasteiger partial charge in [0.05, 0.1) is 6.54 Å². The van der Waals surface area contributed by atoms with Crippen molar-refractivity contribution in [3.05, 3.63) is 30.3 Å². The van der Waals surface area contributed by atoms with E-state index in [0.29, 0.717) is 12.5 Å². The second-order valence-electron chi connectivity index (χ2n) is 6.90. The summed E-state index contributed by atoms with van der Waals surface area (Å²) in [6, 6.07) is 10.5. The van der Waals surface area contributed by atoms with Crippen molar-refractivity contribution in [2.24, 2.45) is 4.99 Å². The van der Waals surface area contributed by atoms with Crippen LogP contribution < -0.4 is 20.9 Å². The van der Waals surface area contributed by atoms with E-state index in [4.69, 9.17) is 0 Å². The quantitative estimate of drug-likeness (QED) is 0.546. The fraction of sp³-hybridized carbons (Fsp3) is 0.556. The Morgan fingerprint density at radius 2 is 1.83 bits per heavy atom. The standard InChI is InChI=1S/C18H31N5O/c1-14(23(6)15-10-8-7-9-11-15)12-20-17(19-5)21-13-16(24)22-18(2,3)4/h7-11,14H,12-13H2,1-6H3,(H,22,24)(H2,19,20,21). The molecule has 0 heterocycles. The summed E-state index contributed by atoms with van der Waals surface area (Å²) < 4.78 is 0. The van der Waals surface area contributed by atoms with Crippen LogP contribution in [0.4, 0.5) is 5.69 Å². The Morgan fingerprint density at radius 1 is 1.21 bits per heavy atom. The number of nitrogens with one attached hydrogen (secondary N) is 3. The Labute approximate surface area is 145 Å². The van der Waals surface area contributed by atoms with Crippen molar-refractivity contribution in [3.8, 4) is 0 Å². The highest BCUT2D eigenvalue weighted by molar-refractivity contribution is 5.86. The molecule has 0 saturated heterocycles. The van der Waals surface area contributed by atoms with E-state index >= 15 is 0 Å². The highest BCUT2D eigenvalue weighted by Crippen LogP contribution is 2.13. The fourth-order valence-electron chi connectivity index (χ4n) is 2.15. The first-order chi connectivity index (χ1) is 11.2. The molecule has 0 fully saturated rings. The Morgan fingerprint density at radius 3 is 2.38 bits per heavy atom. The molecule has 0 radical (unpaired) electrons. The number of guanidine groups is 1. The van der Waals surface area contributed by atoms with Crippen molar-refractivity contribution in [1.82, 2.24) is 16.0 Å². The molecule has 1 unspecified atom stereocenters. The zero-order valence-corrected chi connectivity index (χ0v) is 15.7. The molecule has 0 aliphatic rings. The van der Waals surface area contributed by atoms with Crippen LogP contribution in [0.3, 0.4) is 0 Å². The Bertz CT molecular complexity index is 536. The van der Waals surface area contributed by atoms with Gasteiger partial charge in [-0.3, -0.25) is 9.79 Å². The van der Waals surface area contributed by atoms with Crippen LogP contribution in [0.1, 0.15) is 27.7 Å². The first-order valence-corrected chi connectivity index (χ1v) is 8.26. The van der Waals surface area contributed by atoms with Crippen LogP contribution >= 0.6 is 0 Å². The third-order valence-electron chi connectivity index (χ3n) is 3.54. The molecule has 0 bridgehead atoms. The van der Waals surface area contributed by atoms with Crippen LogP contribution in [0.25, 0.3) is 0 Å². The topological polar surface area (TPSA) is 68.8 Å². The van der Waals surface area contributed by atoms with Crippen molar-refractivity contribution < 1.29 is 4.79 Å². The molecule has 6 nitrogen and oxygen atoms in total. The lowest BCUT2D eigenvalue weighted by molar-refractivity contribution is -0.121. The van der Waals surface area contributed by atoms with Crippen LogP contribution in [0, 0.1) is 0 Å². The summed E-state index contributed by atoms with van der Waals surface area (Å²) in [6.45, 7) is 8.92. The SMILES string of the molecule is CN=C(NCC(=O)NC(C)(C)C)NCC(C)N(C)c1ccccc1. The molecule has 24 heavy (non-hydrogen) atoms. The number of amides is 1. The van der Waals surface area contributed by atoms with Crippen molar-refractivity contribution >= 4 is 17.6 Å². The molecular formula is C18H31N5O. The minimum Gasteiger partial charge on any atom is -0.370 e. The van der Waals surface area contributed by atoms with Crippen LogP contribution in [0.2, 0.25) is 0 Å². The summed E-state index contributed by atoms with van der Waals surface area (Å²) in [4.78, 5) is 18.2. The summed E-state index contributed by atoms with van der Waals surface area (Å²) in [7, 11) is 3.76. The summed E-state index contributed by atoms with van der Waals surface area (Å²) in [5.74, 6) is 0.562. The number of carbonyl (C=O) groups excluding carboxylic acids is 1. The van der Waals surface area contributed by atoms with Gasteiger partial charge in [0.1, 0.15) is 0 Å². The number of aliphatic imine (C=N–C) groups is 1. The Balaban J connectivity index is 2.42. The van der Waals surface area contributed by atoms with E-state index in [1.54, 1.807) is 7.05 Å². The highest BCUT2D eigenvalue weighted by Gasteiger charge is 2.14. The molecule has 0 saturated carbocycles. The normalized spacial score (nSPS) is 13.2. The lowest BCUT2D eigenvalue weighted by Crippen LogP contribution is -2.50. The van der Waals surface area contributed by atoms with Crippen molar-refractivity contribution in [3.63, 3.8) is 0 Å². The van der Waals surface area contributed by atoms with Crippen LogP contribution in [-0.4, -0.2) is 50.6 Å². The van der Waals surface area contributed by atoms with Crippen LogP contribution in [0.5, 0.6) is 0 Å². The summed E-state index contributed by atoms with van der Waals surface area (Å²) in [5.41, 5.74) is 0.933. The average Bonchev–Trinajstić information content (AvgIpc) is 2.53. The first-order valence-electron chi connectivity index (χ1n) is 8.26. The molecule has 1 aromatic carbocycles. The molecule has 1 aromatic rings. The average molecular weight is 333 g/mol. The van der Waals surface area contributed by atoms with Crippen molar-refractivity contribution in [2.45, 2.75) is 39.3 Å². The number of anilines is 1. The maximum Gasteiger partial charge on any atom is 0.239 e. The van der Waals surface area contributed by atoms with Crippen LogP contribution in [0.15, 0.2) is 35.3 Å². The number of hydrogen-bond acceptors (Lipinski definition) is 3. The molecule has 0 aromatic heterocycles. The van der Waals surface area contributed by atoms with Gasteiger partial charge in [-0.2, -0.15) is 0 Å². The predicted octanol–water partition coefficient (Wildman–Crippen LogP) is 1.59. The zero-order chi connectivity index (χ0) is 18.2. The van der Waals surface area contributed by atoms with E-state index in [9.17, 15) is 4.79 Å². The minimum absolute atomic E-state index is 0.0556. The molecule has 134 valence electrons. The van der Waals surface area contributed by atoms with E-state index in [1.165, 1.54) is 5.69 Å². The summed E-state index contributed by atoms with van der Waals surface area (Å²) >= 11 is 0. The van der Waals surface area contributed by atoms with Crippen molar-refractivity contribution in [2.75, 3.05) is 32.1 Å². The molecule has 1 atom stereocenters. The largest absolute Gasteiger partial charge is 0.370 e. The van der Waals surface area contributed by atoms with Gasteiger partial charge in [0.25, 0.3) is 0 Å². The molecule has 0 aliphatic heterocycles. The number of carbonyl (C=O) groups is 1. The van der Waals surface area contributed by atoms with Gasteiger partial charge in [-0.05, 0) is 39.8 Å². The third kappa shape index (κ3) is 7.35. The first kappa shape index (κ1) is 19.8. The molecule has 0 aliphatic carbocycles. The molecular weight excluding hydrogens is 302 g/mol. The Hall–Kier alpha value is -2.24. The molecule has 1 rings (SSSR count). The van der Waals surface area contributed by atoms with Crippen molar-refractivity contribution in [1.29, 1.82) is 0 Å². The smallest absolute Gasteiger partial charge is 0.239 e. The van der Waals surface area contributed by atoms with Crippen LogP contribution in [-0.2, 0) is 4.79 Å². The molecule has 1 amide bonds. The zero-order valence-electron chi connectivity index (χ0n) is 15.7. The summed E-state index contributed by atoms with van der Waals surface area (Å²) in [6.07, 6.45) is 0. The maximum atomic E-state index is 11.8. The maximum absolute atomic E-state index is 11.8. The van der Waals surface area contributed by atoms with Gasteiger partial charge in [-0.15, -0.1) is 0 Å². The molecule has 6 heteroatoms. The highest BCUT2D eigenvalue weighted by atomic mass is 16.2. The van der Waals surface area contributed by atoms with Gasteiger partial charge < -0.3 is 20.9 Å². The number of likely N-dealkylation sites (N-methyl/N-ethyl adjacent to an activating group) is 1. The van der Waals surface area contributed by atoms with Gasteiger partial charge in [0.15, 0.2) is 5.96 Å². The lowest BCUT2D eigenvalue weighted by Gasteiger charge is -2.28. The second kappa shape index (κ2) is 9.15. The molecule has 3 N–H and O–H groups in total. The van der Waals surface area contributed by atoms with Gasteiger partial charge >= 0.3 is 0 Å². The van der Waals surface area contributed by atoms with Gasteiger partial charge in [-0.25, -0.2) is 0 Å². The lowest BCUT2D eigenvalue weighted by atomic mass is 10.1. The number of hydrogen-bond donors (Lipinski definition) is 3. The van der Waals surface area contributed by atoms with E-state index in [2.05, 4.69) is 51.9 Å². The van der Waals surface area contributed by atoms with E-state index < -0.39 is 0 Å².